The van der Waals surface area contributed by atoms with Crippen LogP contribution in [-0.4, -0.2) is 50.2 Å². The summed E-state index contributed by atoms with van der Waals surface area (Å²) in [6.45, 7) is 8.67. The molecule has 0 bridgehead atoms. The highest BCUT2D eigenvalue weighted by molar-refractivity contribution is 5.80. The number of likely N-dealkylation sites (tertiary alicyclic amines) is 1. The molecule has 0 radical (unpaired) electrons. The number of hydrogen-bond acceptors (Lipinski definition) is 5. The molecule has 7 nitrogen and oxygen atoms in total. The normalized spacial score (nSPS) is 17.5. The molecule has 0 aliphatic carbocycles. The van der Waals surface area contributed by atoms with Gasteiger partial charge in [0.1, 0.15) is 17.3 Å². The van der Waals surface area contributed by atoms with Crippen molar-refractivity contribution in [2.45, 2.75) is 45.1 Å². The van der Waals surface area contributed by atoms with Gasteiger partial charge >= 0.3 is 0 Å². The SMILES string of the molecule is CN=C(NCc1ncc(C(C)(C)C)o1)N1CCC(c2cc(OC)cc(OC)c2)C1. The fourth-order valence-corrected chi connectivity index (χ4v) is 3.52. The third-order valence-electron chi connectivity index (χ3n) is 5.24. The highest BCUT2D eigenvalue weighted by atomic mass is 16.5. The summed E-state index contributed by atoms with van der Waals surface area (Å²) in [6.07, 6.45) is 2.85. The molecule has 1 atom stereocenters. The summed E-state index contributed by atoms with van der Waals surface area (Å²) in [4.78, 5) is 11.1. The lowest BCUT2D eigenvalue weighted by molar-refractivity contribution is 0.377. The van der Waals surface area contributed by atoms with E-state index in [4.69, 9.17) is 13.9 Å². The van der Waals surface area contributed by atoms with Gasteiger partial charge < -0.3 is 24.1 Å². The second-order valence-corrected chi connectivity index (χ2v) is 8.35. The molecule has 3 rings (SSSR count). The monoisotopic (exact) mass is 400 g/mol. The number of aromatic nitrogens is 1. The Balaban J connectivity index is 1.63. The van der Waals surface area contributed by atoms with Crippen LogP contribution in [0.25, 0.3) is 0 Å². The van der Waals surface area contributed by atoms with Crippen molar-refractivity contribution in [3.8, 4) is 11.5 Å². The van der Waals surface area contributed by atoms with Crippen LogP contribution in [0.5, 0.6) is 11.5 Å². The van der Waals surface area contributed by atoms with Crippen LogP contribution in [0, 0.1) is 0 Å². The molecule has 1 aromatic carbocycles. The predicted octanol–water partition coefficient (Wildman–Crippen LogP) is 3.55. The highest BCUT2D eigenvalue weighted by Crippen LogP contribution is 2.33. The summed E-state index contributed by atoms with van der Waals surface area (Å²) in [5, 5.41) is 3.38. The van der Waals surface area contributed by atoms with Gasteiger partial charge in [0.15, 0.2) is 5.96 Å². The van der Waals surface area contributed by atoms with E-state index in [0.717, 1.165) is 42.7 Å². The van der Waals surface area contributed by atoms with Crippen LogP contribution in [0.4, 0.5) is 0 Å². The lowest BCUT2D eigenvalue weighted by Gasteiger charge is -2.21. The number of guanidine groups is 1. The van der Waals surface area contributed by atoms with Gasteiger partial charge in [0, 0.05) is 37.5 Å². The molecule has 1 saturated heterocycles. The van der Waals surface area contributed by atoms with Gasteiger partial charge in [-0.2, -0.15) is 0 Å². The maximum Gasteiger partial charge on any atom is 0.213 e. The van der Waals surface area contributed by atoms with Crippen molar-refractivity contribution in [3.05, 3.63) is 41.6 Å². The number of ether oxygens (including phenoxy) is 2. The third-order valence-corrected chi connectivity index (χ3v) is 5.24. The molecule has 0 spiro atoms. The minimum Gasteiger partial charge on any atom is -0.497 e. The van der Waals surface area contributed by atoms with E-state index in [1.807, 2.05) is 12.3 Å². The Morgan fingerprint density at radius 3 is 2.48 bits per heavy atom. The fraction of sp³-hybridized carbons (Fsp3) is 0.545. The van der Waals surface area contributed by atoms with Crippen molar-refractivity contribution in [2.75, 3.05) is 34.4 Å². The largest absolute Gasteiger partial charge is 0.497 e. The maximum atomic E-state index is 5.87. The van der Waals surface area contributed by atoms with Gasteiger partial charge in [-0.3, -0.25) is 4.99 Å². The van der Waals surface area contributed by atoms with Crippen molar-refractivity contribution < 1.29 is 13.9 Å². The van der Waals surface area contributed by atoms with Crippen LogP contribution in [0.15, 0.2) is 33.8 Å². The third kappa shape index (κ3) is 5.02. The lowest BCUT2D eigenvalue weighted by Crippen LogP contribution is -2.39. The first kappa shape index (κ1) is 21.0. The average molecular weight is 401 g/mol. The van der Waals surface area contributed by atoms with E-state index in [1.165, 1.54) is 5.56 Å². The Kier molecular flexibility index (Phi) is 6.35. The first-order chi connectivity index (χ1) is 13.8. The van der Waals surface area contributed by atoms with E-state index in [2.05, 4.69) is 53.1 Å². The second kappa shape index (κ2) is 8.76. The number of oxazole rings is 1. The molecule has 158 valence electrons. The number of methoxy groups -OCH3 is 2. The average Bonchev–Trinajstić information content (AvgIpc) is 3.38. The summed E-state index contributed by atoms with van der Waals surface area (Å²) >= 11 is 0. The number of nitrogens with one attached hydrogen (secondary N) is 1. The van der Waals surface area contributed by atoms with Crippen LogP contribution in [-0.2, 0) is 12.0 Å². The summed E-state index contributed by atoms with van der Waals surface area (Å²) < 4.78 is 16.7. The first-order valence-electron chi connectivity index (χ1n) is 9.97. The van der Waals surface area contributed by atoms with Gasteiger partial charge in [-0.1, -0.05) is 20.8 Å². The molecule has 2 aromatic rings. The molecule has 1 aliphatic rings. The molecule has 1 N–H and O–H groups in total. The van der Waals surface area contributed by atoms with Crippen LogP contribution < -0.4 is 14.8 Å². The Hall–Kier alpha value is -2.70. The van der Waals surface area contributed by atoms with Gasteiger partial charge in [0.05, 0.1) is 27.0 Å². The molecule has 1 aromatic heterocycles. The van der Waals surface area contributed by atoms with Gasteiger partial charge in [-0.15, -0.1) is 0 Å². The standard InChI is InChI=1S/C22H32N4O3/c1-22(2,3)19-12-24-20(29-19)13-25-21(23-4)26-8-7-15(14-26)16-9-17(27-5)11-18(10-16)28-6/h9-12,15H,7-8,13-14H2,1-6H3,(H,23,25). The van der Waals surface area contributed by atoms with E-state index in [1.54, 1.807) is 21.3 Å². The van der Waals surface area contributed by atoms with Crippen molar-refractivity contribution in [2.24, 2.45) is 4.99 Å². The van der Waals surface area contributed by atoms with Crippen LogP contribution in [0.3, 0.4) is 0 Å². The van der Waals surface area contributed by atoms with E-state index in [-0.39, 0.29) is 5.41 Å². The lowest BCUT2D eigenvalue weighted by atomic mass is 9.94. The van der Waals surface area contributed by atoms with E-state index in [9.17, 15) is 0 Å². The van der Waals surface area contributed by atoms with E-state index < -0.39 is 0 Å². The Morgan fingerprint density at radius 1 is 1.24 bits per heavy atom. The van der Waals surface area contributed by atoms with Gasteiger partial charge in [-0.05, 0) is 24.1 Å². The molecule has 7 heteroatoms. The number of hydrogen-bond donors (Lipinski definition) is 1. The van der Waals surface area contributed by atoms with Crippen molar-refractivity contribution in [1.82, 2.24) is 15.2 Å². The molecule has 0 amide bonds. The van der Waals surface area contributed by atoms with Crippen LogP contribution in [0.1, 0.15) is 50.3 Å². The van der Waals surface area contributed by atoms with E-state index >= 15 is 0 Å². The van der Waals surface area contributed by atoms with Crippen molar-refractivity contribution >= 4 is 5.96 Å². The zero-order valence-corrected chi connectivity index (χ0v) is 18.3. The van der Waals surface area contributed by atoms with Crippen molar-refractivity contribution in [3.63, 3.8) is 0 Å². The minimum absolute atomic E-state index is 0.0487. The number of nitrogens with zero attached hydrogens (tertiary/aromatic N) is 3. The summed E-state index contributed by atoms with van der Waals surface area (Å²) in [5.74, 6) is 4.45. The molecule has 1 fully saturated rings. The van der Waals surface area contributed by atoms with Gasteiger partial charge in [-0.25, -0.2) is 4.98 Å². The summed E-state index contributed by atoms with van der Waals surface area (Å²) in [6, 6.07) is 6.08. The molecule has 29 heavy (non-hydrogen) atoms. The smallest absolute Gasteiger partial charge is 0.213 e. The van der Waals surface area contributed by atoms with Gasteiger partial charge in [0.25, 0.3) is 0 Å². The number of aliphatic imine (C=N–C) groups is 1. The number of rotatable bonds is 5. The molecular weight excluding hydrogens is 368 g/mol. The molecule has 1 aliphatic heterocycles. The molecular formula is C22H32N4O3. The van der Waals surface area contributed by atoms with E-state index in [0.29, 0.717) is 18.4 Å². The highest BCUT2D eigenvalue weighted by Gasteiger charge is 2.27. The van der Waals surface area contributed by atoms with Gasteiger partial charge in [0.2, 0.25) is 5.89 Å². The second-order valence-electron chi connectivity index (χ2n) is 8.35. The number of benzene rings is 1. The molecule has 1 unspecified atom stereocenters. The molecule has 0 saturated carbocycles. The summed E-state index contributed by atoms with van der Waals surface area (Å²) in [7, 11) is 5.17. The fourth-order valence-electron chi connectivity index (χ4n) is 3.52. The predicted molar refractivity (Wildman–Crippen MR) is 114 cm³/mol. The minimum atomic E-state index is -0.0487. The maximum absolute atomic E-state index is 5.87. The Labute approximate surface area is 173 Å². The topological polar surface area (TPSA) is 72.1 Å². The van der Waals surface area contributed by atoms with Crippen LogP contribution in [0.2, 0.25) is 0 Å². The quantitative estimate of drug-likeness (QED) is 0.611. The van der Waals surface area contributed by atoms with Crippen molar-refractivity contribution in [1.29, 1.82) is 0 Å². The summed E-state index contributed by atoms with van der Waals surface area (Å²) in [5.41, 5.74) is 1.18. The first-order valence-corrected chi connectivity index (χ1v) is 9.97. The van der Waals surface area contributed by atoms with Crippen LogP contribution >= 0.6 is 0 Å². The Bertz CT molecular complexity index is 832. The Morgan fingerprint density at radius 2 is 1.93 bits per heavy atom. The zero-order chi connectivity index (χ0) is 21.0. The zero-order valence-electron chi connectivity index (χ0n) is 18.3. The molecule has 2 heterocycles.